The minimum Gasteiger partial charge on any atom is -0.423 e. The van der Waals surface area contributed by atoms with Gasteiger partial charge in [-0.05, 0) is 41.0 Å². The molecule has 4 heteroatoms. The summed E-state index contributed by atoms with van der Waals surface area (Å²) in [6, 6.07) is 10.4. The van der Waals surface area contributed by atoms with Crippen molar-refractivity contribution in [3.8, 4) is 11.1 Å². The highest BCUT2D eigenvalue weighted by molar-refractivity contribution is 7.20. The Bertz CT molecular complexity index is 520. The molecule has 0 radical (unpaired) electrons. The molecule has 2 rings (SSSR count). The van der Waals surface area contributed by atoms with Gasteiger partial charge in [-0.3, -0.25) is 0 Å². The fourth-order valence-electron chi connectivity index (χ4n) is 2.26. The first-order chi connectivity index (χ1) is 9.70. The van der Waals surface area contributed by atoms with Crippen molar-refractivity contribution in [1.29, 1.82) is 0 Å². The highest BCUT2D eigenvalue weighted by Crippen LogP contribution is 2.22. The first-order valence-electron chi connectivity index (χ1n) is 7.24. The van der Waals surface area contributed by atoms with Crippen LogP contribution < -0.4 is 4.78 Å². The van der Waals surface area contributed by atoms with E-state index >= 15 is 0 Å². The number of hydrogen-bond acceptors (Lipinski definition) is 3. The molecular weight excluding hydrogens is 267 g/mol. The molecule has 0 aliphatic heterocycles. The Morgan fingerprint density at radius 1 is 1.00 bits per heavy atom. The summed E-state index contributed by atoms with van der Waals surface area (Å²) in [5.74, 6) is 0. The molecule has 0 unspecified atom stereocenters. The SMILES string of the molecule is CCCCCCc1ccc(-c2csc(B(O)O)c2)cc1. The molecule has 0 amide bonds. The standard InChI is InChI=1S/C16H21BO2S/c1-2-3-4-5-6-13-7-9-14(10-8-13)15-11-16(17(18)19)20-12-15/h7-12,18-19H,2-6H2,1H3. The Hall–Kier alpha value is -1.10. The van der Waals surface area contributed by atoms with E-state index in [1.165, 1.54) is 42.6 Å². The van der Waals surface area contributed by atoms with E-state index in [1.54, 1.807) is 0 Å². The molecule has 1 heterocycles. The smallest absolute Gasteiger partial charge is 0.423 e. The lowest BCUT2D eigenvalue weighted by Crippen LogP contribution is -2.26. The summed E-state index contributed by atoms with van der Waals surface area (Å²) < 4.78 is 0.587. The van der Waals surface area contributed by atoms with Crippen LogP contribution in [0.2, 0.25) is 0 Å². The third-order valence-corrected chi connectivity index (χ3v) is 4.45. The molecule has 0 saturated carbocycles. The zero-order valence-electron chi connectivity index (χ0n) is 11.9. The van der Waals surface area contributed by atoms with Gasteiger partial charge in [0.25, 0.3) is 0 Å². The first kappa shape index (κ1) is 15.3. The van der Waals surface area contributed by atoms with Crippen LogP contribution in [0, 0.1) is 0 Å². The summed E-state index contributed by atoms with van der Waals surface area (Å²) in [7, 11) is -1.37. The molecule has 2 N–H and O–H groups in total. The van der Waals surface area contributed by atoms with Crippen LogP contribution in [0.4, 0.5) is 0 Å². The number of thiophene rings is 1. The summed E-state index contributed by atoms with van der Waals surface area (Å²) in [5, 5.41) is 20.2. The van der Waals surface area contributed by atoms with Gasteiger partial charge in [-0.15, -0.1) is 0 Å². The van der Waals surface area contributed by atoms with Crippen LogP contribution in [-0.2, 0) is 6.42 Å². The lowest BCUT2D eigenvalue weighted by atomic mass is 9.88. The summed E-state index contributed by atoms with van der Waals surface area (Å²) >= 11 is 1.38. The predicted octanol–water partition coefficient (Wildman–Crippen LogP) is 3.22. The third kappa shape index (κ3) is 4.20. The molecule has 20 heavy (non-hydrogen) atoms. The minimum atomic E-state index is -1.37. The van der Waals surface area contributed by atoms with Crippen LogP contribution in [0.1, 0.15) is 38.2 Å². The minimum absolute atomic E-state index is 0.587. The van der Waals surface area contributed by atoms with E-state index < -0.39 is 7.12 Å². The quantitative estimate of drug-likeness (QED) is 0.606. The van der Waals surface area contributed by atoms with Crippen molar-refractivity contribution in [3.63, 3.8) is 0 Å². The highest BCUT2D eigenvalue weighted by Gasteiger charge is 2.14. The van der Waals surface area contributed by atoms with Gasteiger partial charge in [-0.1, -0.05) is 50.5 Å². The van der Waals surface area contributed by atoms with E-state index in [-0.39, 0.29) is 0 Å². The van der Waals surface area contributed by atoms with Gasteiger partial charge in [-0.2, -0.15) is 11.3 Å². The molecule has 0 spiro atoms. The van der Waals surface area contributed by atoms with Crippen molar-refractivity contribution in [2.24, 2.45) is 0 Å². The van der Waals surface area contributed by atoms with Gasteiger partial charge in [-0.25, -0.2) is 0 Å². The predicted molar refractivity (Wildman–Crippen MR) is 87.4 cm³/mol. The largest absolute Gasteiger partial charge is 0.499 e. The maximum absolute atomic E-state index is 9.13. The molecule has 0 fully saturated rings. The molecular formula is C16H21BO2S. The molecule has 1 aromatic carbocycles. The molecule has 1 aromatic heterocycles. The third-order valence-electron chi connectivity index (χ3n) is 3.48. The van der Waals surface area contributed by atoms with E-state index in [9.17, 15) is 0 Å². The zero-order valence-corrected chi connectivity index (χ0v) is 12.7. The number of rotatable bonds is 7. The summed E-state index contributed by atoms with van der Waals surface area (Å²) in [4.78, 5) is 0. The van der Waals surface area contributed by atoms with Gasteiger partial charge in [0, 0.05) is 4.78 Å². The zero-order chi connectivity index (χ0) is 14.4. The van der Waals surface area contributed by atoms with E-state index in [2.05, 4.69) is 31.2 Å². The van der Waals surface area contributed by atoms with Crippen molar-refractivity contribution in [3.05, 3.63) is 41.3 Å². The average molecular weight is 288 g/mol. The first-order valence-corrected chi connectivity index (χ1v) is 8.12. The molecule has 0 atom stereocenters. The summed E-state index contributed by atoms with van der Waals surface area (Å²) in [6.07, 6.45) is 6.30. The number of unbranched alkanes of at least 4 members (excludes halogenated alkanes) is 3. The molecule has 0 aliphatic carbocycles. The Labute approximate surface area is 125 Å². The van der Waals surface area contributed by atoms with Crippen LogP contribution in [-0.4, -0.2) is 17.2 Å². The van der Waals surface area contributed by atoms with Crippen LogP contribution >= 0.6 is 11.3 Å². The second-order valence-corrected chi connectivity index (χ2v) is 6.06. The monoisotopic (exact) mass is 288 g/mol. The van der Waals surface area contributed by atoms with E-state index in [0.717, 1.165) is 17.5 Å². The Kier molecular flexibility index (Phi) is 5.83. The second kappa shape index (κ2) is 7.62. The molecule has 0 saturated heterocycles. The maximum Gasteiger partial charge on any atom is 0.499 e. The Morgan fingerprint density at radius 2 is 1.75 bits per heavy atom. The van der Waals surface area contributed by atoms with Crippen LogP contribution in [0.3, 0.4) is 0 Å². The van der Waals surface area contributed by atoms with Crippen molar-refractivity contribution < 1.29 is 10.0 Å². The van der Waals surface area contributed by atoms with Gasteiger partial charge >= 0.3 is 7.12 Å². The Morgan fingerprint density at radius 3 is 2.35 bits per heavy atom. The van der Waals surface area contributed by atoms with Crippen molar-refractivity contribution in [2.75, 3.05) is 0 Å². The van der Waals surface area contributed by atoms with Gasteiger partial charge in [0.1, 0.15) is 0 Å². The maximum atomic E-state index is 9.13. The molecule has 106 valence electrons. The van der Waals surface area contributed by atoms with Gasteiger partial charge < -0.3 is 10.0 Å². The van der Waals surface area contributed by atoms with Gasteiger partial charge in [0.15, 0.2) is 0 Å². The fraction of sp³-hybridized carbons (Fsp3) is 0.375. The molecule has 2 aromatic rings. The average Bonchev–Trinajstić information content (AvgIpc) is 2.94. The van der Waals surface area contributed by atoms with Crippen molar-refractivity contribution in [1.82, 2.24) is 0 Å². The van der Waals surface area contributed by atoms with Gasteiger partial charge in [0.05, 0.1) is 0 Å². The Balaban J connectivity index is 1.96. The lowest BCUT2D eigenvalue weighted by Gasteiger charge is -2.03. The molecule has 0 aliphatic rings. The normalized spacial score (nSPS) is 10.8. The summed E-state index contributed by atoms with van der Waals surface area (Å²) in [5.41, 5.74) is 3.56. The van der Waals surface area contributed by atoms with Crippen molar-refractivity contribution in [2.45, 2.75) is 39.0 Å². The fourth-order valence-corrected chi connectivity index (χ4v) is 3.04. The van der Waals surface area contributed by atoms with E-state index in [1.807, 2.05) is 11.4 Å². The van der Waals surface area contributed by atoms with Crippen molar-refractivity contribution >= 4 is 23.2 Å². The van der Waals surface area contributed by atoms with Crippen LogP contribution in [0.25, 0.3) is 11.1 Å². The second-order valence-electron chi connectivity index (χ2n) is 5.12. The topological polar surface area (TPSA) is 40.5 Å². The lowest BCUT2D eigenvalue weighted by molar-refractivity contribution is 0.427. The van der Waals surface area contributed by atoms with Crippen LogP contribution in [0.15, 0.2) is 35.7 Å². The highest BCUT2D eigenvalue weighted by atomic mass is 32.1. The molecule has 0 bridgehead atoms. The van der Waals surface area contributed by atoms with E-state index in [4.69, 9.17) is 10.0 Å². The summed E-state index contributed by atoms with van der Waals surface area (Å²) in [6.45, 7) is 2.23. The molecule has 2 nitrogen and oxygen atoms in total. The van der Waals surface area contributed by atoms with E-state index in [0.29, 0.717) is 4.78 Å². The number of aryl methyl sites for hydroxylation is 1. The number of hydrogen-bond donors (Lipinski definition) is 2. The number of benzene rings is 1. The van der Waals surface area contributed by atoms with Crippen LogP contribution in [0.5, 0.6) is 0 Å². The van der Waals surface area contributed by atoms with Gasteiger partial charge in [0.2, 0.25) is 0 Å².